The van der Waals surface area contributed by atoms with Crippen LogP contribution in [0.15, 0.2) is 60.0 Å². The van der Waals surface area contributed by atoms with E-state index in [-0.39, 0.29) is 6.10 Å². The quantitative estimate of drug-likeness (QED) is 0.330. The van der Waals surface area contributed by atoms with Gasteiger partial charge in [-0.3, -0.25) is 0 Å². The van der Waals surface area contributed by atoms with Gasteiger partial charge in [0.25, 0.3) is 0 Å². The number of hydrogen-bond acceptors (Lipinski definition) is 7. The molecule has 1 aliphatic rings. The Balaban J connectivity index is 0.000000200. The Morgan fingerprint density at radius 2 is 1.65 bits per heavy atom. The number of nitriles is 1. The molecule has 1 fully saturated rings. The first kappa shape index (κ1) is 22.0. The largest absolute Gasteiger partial charge is 0.489 e. The molecule has 0 bridgehead atoms. The molecule has 0 spiro atoms. The molecule has 0 saturated carbocycles. The van der Waals surface area contributed by atoms with Gasteiger partial charge in [-0.25, -0.2) is 19.9 Å². The van der Waals surface area contributed by atoms with Gasteiger partial charge >= 0.3 is 0 Å². The molecule has 0 atom stereocenters. The highest BCUT2D eigenvalue weighted by Gasteiger charge is 2.18. The molecule has 4 aromatic heterocycles. The Morgan fingerprint density at radius 3 is 2.38 bits per heavy atom. The summed E-state index contributed by atoms with van der Waals surface area (Å²) >= 11 is 3.30. The van der Waals surface area contributed by atoms with Crippen LogP contribution in [0.5, 0.6) is 5.75 Å². The summed E-state index contributed by atoms with van der Waals surface area (Å²) in [5.41, 5.74) is 3.83. The Labute approximate surface area is 203 Å². The number of nitrogens with one attached hydrogen (secondary N) is 2. The smallest absolute Gasteiger partial charge is 0.141 e. The van der Waals surface area contributed by atoms with Gasteiger partial charge in [0.2, 0.25) is 0 Å². The van der Waals surface area contributed by atoms with Gasteiger partial charge in [0.1, 0.15) is 46.5 Å². The molecule has 1 aliphatic heterocycles. The van der Waals surface area contributed by atoms with Crippen LogP contribution < -0.4 is 4.74 Å². The van der Waals surface area contributed by atoms with Crippen molar-refractivity contribution in [2.24, 2.45) is 0 Å². The zero-order chi connectivity index (χ0) is 23.3. The Hall–Kier alpha value is -3.81. The van der Waals surface area contributed by atoms with Gasteiger partial charge in [-0.05, 0) is 46.3 Å². The third kappa shape index (κ3) is 4.62. The molecular weight excluding hydrogens is 498 g/mol. The fourth-order valence-electron chi connectivity index (χ4n) is 3.78. The van der Waals surface area contributed by atoms with Gasteiger partial charge in [0.05, 0.1) is 29.9 Å². The summed E-state index contributed by atoms with van der Waals surface area (Å²) in [5.74, 6) is 0.618. The summed E-state index contributed by atoms with van der Waals surface area (Å²) in [6.45, 7) is 1.41. The van der Waals surface area contributed by atoms with Gasteiger partial charge in [0.15, 0.2) is 0 Å². The van der Waals surface area contributed by atoms with Crippen molar-refractivity contribution in [3.63, 3.8) is 0 Å². The molecule has 5 heterocycles. The van der Waals surface area contributed by atoms with Crippen LogP contribution >= 0.6 is 15.9 Å². The van der Waals surface area contributed by atoms with E-state index >= 15 is 0 Å². The number of rotatable bonds is 3. The second-order valence-corrected chi connectivity index (χ2v) is 8.37. The maximum atomic E-state index is 9.50. The van der Waals surface area contributed by atoms with Crippen LogP contribution in [0.2, 0.25) is 0 Å². The molecule has 2 N–H and O–H groups in total. The fraction of sp³-hybridized carbons (Fsp3) is 0.208. The molecule has 5 aromatic rings. The van der Waals surface area contributed by atoms with Crippen molar-refractivity contribution < 1.29 is 9.47 Å². The van der Waals surface area contributed by atoms with Crippen LogP contribution in [0.1, 0.15) is 18.4 Å². The van der Waals surface area contributed by atoms with E-state index in [1.165, 1.54) is 12.7 Å². The van der Waals surface area contributed by atoms with Crippen LogP contribution in [-0.4, -0.2) is 49.2 Å². The highest BCUT2D eigenvalue weighted by atomic mass is 79.9. The summed E-state index contributed by atoms with van der Waals surface area (Å²) in [6.07, 6.45) is 8.51. The molecule has 0 radical (unpaired) electrons. The Kier molecular flexibility index (Phi) is 6.46. The Bertz CT molecular complexity index is 1470. The molecule has 0 unspecified atom stereocenters. The predicted molar refractivity (Wildman–Crippen MR) is 130 cm³/mol. The maximum absolute atomic E-state index is 9.50. The molecule has 0 amide bonds. The third-order valence-corrected chi connectivity index (χ3v) is 6.13. The number of hydrogen-bond donors (Lipinski definition) is 2. The second kappa shape index (κ2) is 9.99. The average Bonchev–Trinajstić information content (AvgIpc) is 3.56. The highest BCUT2D eigenvalue weighted by Crippen LogP contribution is 2.30. The lowest BCUT2D eigenvalue weighted by Crippen LogP contribution is -2.26. The minimum atomic E-state index is 0.104. The number of nitrogens with zero attached hydrogens (tertiary/aromatic N) is 5. The normalized spacial score (nSPS) is 13.9. The van der Waals surface area contributed by atoms with E-state index in [9.17, 15) is 5.26 Å². The molecule has 0 aliphatic carbocycles. The van der Waals surface area contributed by atoms with Gasteiger partial charge < -0.3 is 19.4 Å². The number of H-pyrrole nitrogens is 2. The molecule has 34 heavy (non-hydrogen) atoms. The highest BCUT2D eigenvalue weighted by molar-refractivity contribution is 9.10. The summed E-state index contributed by atoms with van der Waals surface area (Å²) in [6, 6.07) is 11.7. The van der Waals surface area contributed by atoms with Crippen LogP contribution in [-0.2, 0) is 4.74 Å². The fourth-order valence-corrected chi connectivity index (χ4v) is 4.20. The van der Waals surface area contributed by atoms with E-state index in [2.05, 4.69) is 51.9 Å². The average molecular weight is 518 g/mol. The molecule has 10 heteroatoms. The number of ether oxygens (including phenoxy) is 2. The van der Waals surface area contributed by atoms with E-state index < -0.39 is 0 Å². The third-order valence-electron chi connectivity index (χ3n) is 5.49. The Morgan fingerprint density at radius 1 is 0.941 bits per heavy atom. The van der Waals surface area contributed by atoms with Crippen molar-refractivity contribution in [2.75, 3.05) is 13.2 Å². The first-order valence-electron chi connectivity index (χ1n) is 10.7. The van der Waals surface area contributed by atoms with Crippen LogP contribution in [0.4, 0.5) is 0 Å². The zero-order valence-corrected chi connectivity index (χ0v) is 19.6. The second-order valence-electron chi connectivity index (χ2n) is 7.62. The number of halogens is 1. The van der Waals surface area contributed by atoms with Crippen LogP contribution in [0, 0.1) is 11.3 Å². The standard InChI is InChI=1S/C18H16N4O2.C6H4BrN3/c19-10-13-9-12(17-15-3-6-20-18(15)22-11-21-17)1-2-16(13)24-14-4-7-23-8-5-14;7-5-4-1-2-8-6(4)10-3-9-5/h1-3,6,9,11,14H,4-5,7-8H2,(H,20,21,22);1-3H,(H,8,9,10). The molecule has 170 valence electrons. The maximum Gasteiger partial charge on any atom is 0.141 e. The van der Waals surface area contributed by atoms with E-state index in [1.54, 1.807) is 0 Å². The van der Waals surface area contributed by atoms with Crippen LogP contribution in [0.3, 0.4) is 0 Å². The van der Waals surface area contributed by atoms with E-state index in [4.69, 9.17) is 9.47 Å². The summed E-state index contributed by atoms with van der Waals surface area (Å²) in [7, 11) is 0. The molecule has 9 nitrogen and oxygen atoms in total. The van der Waals surface area contributed by atoms with E-state index in [0.29, 0.717) is 24.5 Å². The van der Waals surface area contributed by atoms with E-state index in [1.807, 2.05) is 42.7 Å². The molecule has 1 saturated heterocycles. The number of fused-ring (bicyclic) bond motifs is 2. The molecule has 6 rings (SSSR count). The van der Waals surface area contributed by atoms with E-state index in [0.717, 1.165) is 50.8 Å². The van der Waals surface area contributed by atoms with Crippen molar-refractivity contribution in [3.8, 4) is 23.1 Å². The number of benzene rings is 1. The van der Waals surface area contributed by atoms with Crippen molar-refractivity contribution in [2.45, 2.75) is 18.9 Å². The number of aromatic amines is 2. The molecular formula is C24H20BrN7O2. The van der Waals surface area contributed by atoms with Crippen molar-refractivity contribution >= 4 is 38.0 Å². The SMILES string of the molecule is Brc1ncnc2[nH]ccc12.N#Cc1cc(-c2ncnc3[nH]ccc23)ccc1OC1CCOCC1. The lowest BCUT2D eigenvalue weighted by molar-refractivity contribution is 0.0254. The summed E-state index contributed by atoms with van der Waals surface area (Å²) in [4.78, 5) is 22.6. The minimum absolute atomic E-state index is 0.104. The first-order valence-corrected chi connectivity index (χ1v) is 11.5. The van der Waals surface area contributed by atoms with Crippen molar-refractivity contribution in [1.82, 2.24) is 29.9 Å². The lowest BCUT2D eigenvalue weighted by Gasteiger charge is -2.23. The first-order chi connectivity index (χ1) is 16.7. The lowest BCUT2D eigenvalue weighted by atomic mass is 10.1. The van der Waals surface area contributed by atoms with Gasteiger partial charge in [-0.15, -0.1) is 0 Å². The van der Waals surface area contributed by atoms with Gasteiger partial charge in [0, 0.05) is 36.2 Å². The van der Waals surface area contributed by atoms with Crippen LogP contribution in [0.25, 0.3) is 33.3 Å². The molecule has 1 aromatic carbocycles. The summed E-state index contributed by atoms with van der Waals surface area (Å²) in [5, 5.41) is 11.4. The summed E-state index contributed by atoms with van der Waals surface area (Å²) < 4.78 is 12.2. The van der Waals surface area contributed by atoms with Crippen molar-refractivity contribution in [3.05, 3.63) is 65.5 Å². The predicted octanol–water partition coefficient (Wildman–Crippen LogP) is 4.77. The number of aromatic nitrogens is 6. The van der Waals surface area contributed by atoms with Gasteiger partial charge in [-0.1, -0.05) is 0 Å². The topological polar surface area (TPSA) is 125 Å². The minimum Gasteiger partial charge on any atom is -0.489 e. The zero-order valence-electron chi connectivity index (χ0n) is 18.0. The van der Waals surface area contributed by atoms with Crippen molar-refractivity contribution in [1.29, 1.82) is 5.26 Å². The monoisotopic (exact) mass is 517 g/mol. The van der Waals surface area contributed by atoms with Gasteiger partial charge in [-0.2, -0.15) is 5.26 Å².